The van der Waals surface area contributed by atoms with Crippen molar-refractivity contribution in [3.8, 4) is 17.4 Å². The minimum atomic E-state index is -0.531. The lowest BCUT2D eigenvalue weighted by Gasteiger charge is -2.16. The third-order valence-electron chi connectivity index (χ3n) is 3.75. The maximum Gasteiger partial charge on any atom is 0.224 e. The summed E-state index contributed by atoms with van der Waals surface area (Å²) in [5, 5.41) is 13.1. The van der Waals surface area contributed by atoms with Crippen LogP contribution in [0.25, 0.3) is 0 Å². The third kappa shape index (κ3) is 6.22. The number of hydrogen-bond acceptors (Lipinski definition) is 7. The summed E-state index contributed by atoms with van der Waals surface area (Å²) in [7, 11) is 3.82. The second-order valence-corrected chi connectivity index (χ2v) is 6.53. The van der Waals surface area contributed by atoms with Gasteiger partial charge in [-0.1, -0.05) is 18.2 Å². The summed E-state index contributed by atoms with van der Waals surface area (Å²) in [4.78, 5) is 10.3. The van der Waals surface area contributed by atoms with Gasteiger partial charge in [0.15, 0.2) is 0 Å². The smallest absolute Gasteiger partial charge is 0.224 e. The molecule has 0 fully saturated rings. The van der Waals surface area contributed by atoms with E-state index in [0.29, 0.717) is 29.7 Å². The van der Waals surface area contributed by atoms with E-state index < -0.39 is 6.10 Å². The molecule has 7 heteroatoms. The van der Waals surface area contributed by atoms with Gasteiger partial charge in [0.05, 0.1) is 0 Å². The molecule has 0 aliphatic carbocycles. The zero-order valence-corrected chi connectivity index (χ0v) is 15.9. The highest BCUT2D eigenvalue weighted by molar-refractivity contribution is 5.57. The summed E-state index contributed by atoms with van der Waals surface area (Å²) >= 11 is 0. The first kappa shape index (κ1) is 19.6. The number of rotatable bonds is 9. The maximum atomic E-state index is 9.86. The molecule has 0 aliphatic heterocycles. The monoisotopic (exact) mass is 380 g/mol. The predicted molar refractivity (Wildman–Crippen MR) is 108 cm³/mol. The number of likely N-dealkylation sites (N-methyl/N-ethyl adjacent to an activating group) is 1. The van der Waals surface area contributed by atoms with Crippen LogP contribution in [-0.2, 0) is 0 Å². The summed E-state index contributed by atoms with van der Waals surface area (Å²) in [6.45, 7) is 0.803. The molecular weight excluding hydrogens is 356 g/mol. The summed E-state index contributed by atoms with van der Waals surface area (Å²) in [5.74, 6) is 2.48. The lowest BCUT2D eigenvalue weighted by atomic mass is 10.3. The molecule has 0 bridgehead atoms. The van der Waals surface area contributed by atoms with Crippen molar-refractivity contribution >= 4 is 11.5 Å². The molecule has 0 aliphatic rings. The Morgan fingerprint density at radius 3 is 2.46 bits per heavy atom. The van der Waals surface area contributed by atoms with Gasteiger partial charge < -0.3 is 24.8 Å². The largest absolute Gasteiger partial charge is 0.491 e. The number of nitrogens with zero attached hydrogens (tertiary/aromatic N) is 3. The molecule has 0 saturated heterocycles. The van der Waals surface area contributed by atoms with Crippen molar-refractivity contribution in [3.05, 3.63) is 67.0 Å². The van der Waals surface area contributed by atoms with Gasteiger partial charge in [-0.2, -0.15) is 0 Å². The molecule has 1 aromatic heterocycles. The molecule has 146 valence electrons. The fourth-order valence-corrected chi connectivity index (χ4v) is 2.52. The van der Waals surface area contributed by atoms with Gasteiger partial charge in [0.1, 0.15) is 36.4 Å². The molecule has 2 N–H and O–H groups in total. The van der Waals surface area contributed by atoms with Gasteiger partial charge in [-0.3, -0.25) is 0 Å². The van der Waals surface area contributed by atoms with E-state index >= 15 is 0 Å². The van der Waals surface area contributed by atoms with E-state index in [0.717, 1.165) is 5.69 Å². The molecule has 0 spiro atoms. The predicted octanol–water partition coefficient (Wildman–Crippen LogP) is 3.31. The lowest BCUT2D eigenvalue weighted by Crippen LogP contribution is -2.30. The molecular formula is C21H24N4O3. The van der Waals surface area contributed by atoms with Gasteiger partial charge in [-0.05, 0) is 50.5 Å². The lowest BCUT2D eigenvalue weighted by molar-refractivity contribution is 0.0831. The average Bonchev–Trinajstić information content (AvgIpc) is 2.68. The van der Waals surface area contributed by atoms with Crippen molar-refractivity contribution in [2.45, 2.75) is 6.10 Å². The first-order valence-corrected chi connectivity index (χ1v) is 8.96. The van der Waals surface area contributed by atoms with Gasteiger partial charge in [0.25, 0.3) is 0 Å². The van der Waals surface area contributed by atoms with Crippen molar-refractivity contribution in [2.24, 2.45) is 0 Å². The van der Waals surface area contributed by atoms with Crippen molar-refractivity contribution in [3.63, 3.8) is 0 Å². The Labute approximate surface area is 164 Å². The van der Waals surface area contributed by atoms with Gasteiger partial charge in [-0.15, -0.1) is 0 Å². The first-order valence-electron chi connectivity index (χ1n) is 8.96. The van der Waals surface area contributed by atoms with Crippen molar-refractivity contribution < 1.29 is 14.6 Å². The number of benzene rings is 2. The van der Waals surface area contributed by atoms with E-state index in [9.17, 15) is 5.11 Å². The molecule has 3 aromatic rings. The molecule has 1 unspecified atom stereocenters. The average molecular weight is 380 g/mol. The van der Waals surface area contributed by atoms with E-state index in [2.05, 4.69) is 15.3 Å². The van der Waals surface area contributed by atoms with Gasteiger partial charge in [-0.25, -0.2) is 9.97 Å². The number of para-hydroxylation sites is 1. The van der Waals surface area contributed by atoms with E-state index in [4.69, 9.17) is 9.47 Å². The summed E-state index contributed by atoms with van der Waals surface area (Å²) in [6, 6.07) is 18.6. The number of aliphatic hydroxyl groups excluding tert-OH is 1. The topological polar surface area (TPSA) is 79.7 Å². The Morgan fingerprint density at radius 1 is 1.00 bits per heavy atom. The molecule has 28 heavy (non-hydrogen) atoms. The number of nitrogens with one attached hydrogen (secondary N) is 1. The fraction of sp³-hybridized carbons (Fsp3) is 0.238. The van der Waals surface area contributed by atoms with Crippen LogP contribution in [0.2, 0.25) is 0 Å². The summed E-state index contributed by atoms with van der Waals surface area (Å²) in [6.07, 6.45) is 0.918. The molecule has 1 atom stereocenters. The Bertz CT molecular complexity index is 857. The van der Waals surface area contributed by atoms with Crippen LogP contribution in [0, 0.1) is 0 Å². The molecule has 2 aromatic carbocycles. The number of hydrogen-bond donors (Lipinski definition) is 2. The summed E-state index contributed by atoms with van der Waals surface area (Å²) in [5.41, 5.74) is 0.852. The van der Waals surface area contributed by atoms with Crippen LogP contribution in [0.4, 0.5) is 11.5 Å². The van der Waals surface area contributed by atoms with Crippen LogP contribution < -0.4 is 14.8 Å². The van der Waals surface area contributed by atoms with E-state index in [-0.39, 0.29) is 6.61 Å². The third-order valence-corrected chi connectivity index (χ3v) is 3.75. The van der Waals surface area contributed by atoms with Gasteiger partial charge in [0, 0.05) is 18.3 Å². The Hall–Kier alpha value is -3.16. The van der Waals surface area contributed by atoms with E-state index in [1.165, 1.54) is 6.33 Å². The maximum absolute atomic E-state index is 9.86. The molecule has 0 saturated carbocycles. The van der Waals surface area contributed by atoms with Gasteiger partial charge >= 0.3 is 0 Å². The molecule has 0 radical (unpaired) electrons. The van der Waals surface area contributed by atoms with Crippen LogP contribution in [0.15, 0.2) is 67.0 Å². The van der Waals surface area contributed by atoms with Crippen molar-refractivity contribution in [1.82, 2.24) is 14.9 Å². The minimum absolute atomic E-state index is 0.247. The minimum Gasteiger partial charge on any atom is -0.491 e. The van der Waals surface area contributed by atoms with E-state index in [1.807, 2.05) is 73.6 Å². The highest BCUT2D eigenvalue weighted by atomic mass is 16.5. The fourth-order valence-electron chi connectivity index (χ4n) is 2.52. The Balaban J connectivity index is 1.56. The zero-order chi connectivity index (χ0) is 19.8. The normalized spacial score (nSPS) is 11.9. The molecule has 1 heterocycles. The molecule has 7 nitrogen and oxygen atoms in total. The SMILES string of the molecule is CN(C)CC(O)COc1ccc(Nc2cc(Oc3ccccc3)ncn2)cc1. The van der Waals surface area contributed by atoms with Gasteiger partial charge in [0.2, 0.25) is 5.88 Å². The second-order valence-electron chi connectivity index (χ2n) is 6.53. The Morgan fingerprint density at radius 2 is 1.75 bits per heavy atom. The van der Waals surface area contributed by atoms with Crippen LogP contribution in [-0.4, -0.2) is 53.3 Å². The van der Waals surface area contributed by atoms with Crippen molar-refractivity contribution in [2.75, 3.05) is 32.6 Å². The van der Waals surface area contributed by atoms with E-state index in [1.54, 1.807) is 6.07 Å². The second kappa shape index (κ2) is 9.68. The number of aliphatic hydroxyl groups is 1. The number of aromatic nitrogens is 2. The van der Waals surface area contributed by atoms with Crippen LogP contribution >= 0.6 is 0 Å². The Kier molecular flexibility index (Phi) is 6.78. The highest BCUT2D eigenvalue weighted by Crippen LogP contribution is 2.23. The standard InChI is InChI=1S/C21H24N4O3/c1-25(2)13-17(26)14-27-18-10-8-16(9-11-18)24-20-12-21(23-15-22-20)28-19-6-4-3-5-7-19/h3-12,15,17,26H,13-14H2,1-2H3,(H,22,23,24). The quantitative estimate of drug-likeness (QED) is 0.589. The molecule has 3 rings (SSSR count). The van der Waals surface area contributed by atoms with Crippen LogP contribution in [0.5, 0.6) is 17.4 Å². The molecule has 0 amide bonds. The number of anilines is 2. The zero-order valence-electron chi connectivity index (χ0n) is 15.9. The highest BCUT2D eigenvalue weighted by Gasteiger charge is 2.07. The first-order chi connectivity index (χ1) is 13.6. The van der Waals surface area contributed by atoms with Crippen LogP contribution in [0.1, 0.15) is 0 Å². The van der Waals surface area contributed by atoms with Crippen LogP contribution in [0.3, 0.4) is 0 Å². The summed E-state index contributed by atoms with van der Waals surface area (Å²) < 4.78 is 11.3. The van der Waals surface area contributed by atoms with Crippen molar-refractivity contribution in [1.29, 1.82) is 0 Å². The number of ether oxygens (including phenoxy) is 2.